The molecule has 0 bridgehead atoms. The molecule has 1 aromatic carbocycles. The van der Waals surface area contributed by atoms with Crippen LogP contribution in [0.2, 0.25) is 0 Å². The van der Waals surface area contributed by atoms with E-state index in [9.17, 15) is 9.59 Å². The largest absolute Gasteiger partial charge is 0.441 e. The number of para-hydroxylation sites is 1. The normalized spacial score (nSPS) is 12.3. The zero-order valence-electron chi connectivity index (χ0n) is 9.14. The lowest BCUT2D eigenvalue weighted by Crippen LogP contribution is -2.33. The van der Waals surface area contributed by atoms with Gasteiger partial charge in [0, 0.05) is 0 Å². The van der Waals surface area contributed by atoms with E-state index >= 15 is 0 Å². The van der Waals surface area contributed by atoms with Crippen LogP contribution in [0.15, 0.2) is 33.5 Å². The minimum Gasteiger partial charge on any atom is -0.408 e. The van der Waals surface area contributed by atoms with Crippen LogP contribution >= 0.6 is 0 Å². The highest BCUT2D eigenvalue weighted by molar-refractivity contribution is 5.90. The van der Waals surface area contributed by atoms with Crippen molar-refractivity contribution in [2.75, 3.05) is 5.32 Å². The van der Waals surface area contributed by atoms with Crippen molar-refractivity contribution >= 4 is 22.7 Å². The van der Waals surface area contributed by atoms with Crippen molar-refractivity contribution < 1.29 is 9.21 Å². The summed E-state index contributed by atoms with van der Waals surface area (Å²) >= 11 is 0. The van der Waals surface area contributed by atoms with Crippen LogP contribution in [0.1, 0.15) is 6.92 Å². The Kier molecular flexibility index (Phi) is 2.78. The highest BCUT2D eigenvalue weighted by atomic mass is 16.4. The third-order valence-corrected chi connectivity index (χ3v) is 2.32. The Bertz CT molecular complexity index is 621. The van der Waals surface area contributed by atoms with Crippen LogP contribution in [0.25, 0.3) is 11.0 Å². The number of fused-ring (bicyclic) bond motifs is 1. The number of amides is 1. The first-order valence-corrected chi connectivity index (χ1v) is 5.03. The highest BCUT2D eigenvalue weighted by Gasteiger charge is 2.12. The summed E-state index contributed by atoms with van der Waals surface area (Å²) in [6.45, 7) is 1.59. The van der Waals surface area contributed by atoms with Crippen LogP contribution in [0.4, 0.5) is 5.82 Å². The van der Waals surface area contributed by atoms with Gasteiger partial charge in [-0.3, -0.25) is 4.79 Å². The second-order valence-electron chi connectivity index (χ2n) is 3.59. The molecule has 1 amide bonds. The Morgan fingerprint density at radius 1 is 1.47 bits per heavy atom. The molecule has 3 N–H and O–H groups in total. The number of aromatic nitrogens is 1. The van der Waals surface area contributed by atoms with Crippen LogP contribution in [-0.2, 0) is 4.79 Å². The summed E-state index contributed by atoms with van der Waals surface area (Å²) in [6.07, 6.45) is 0. The quantitative estimate of drug-likeness (QED) is 0.803. The number of hydrogen-bond donors (Lipinski definition) is 2. The number of nitrogens with zero attached hydrogens (tertiary/aromatic N) is 1. The monoisotopic (exact) mass is 233 g/mol. The van der Waals surface area contributed by atoms with Crippen molar-refractivity contribution in [2.45, 2.75) is 13.0 Å². The number of carbonyl (C=O) groups excluding carboxylic acids is 1. The molecule has 0 aliphatic heterocycles. The summed E-state index contributed by atoms with van der Waals surface area (Å²) < 4.78 is 4.92. The molecule has 1 atom stereocenters. The average Bonchev–Trinajstić information content (AvgIpc) is 2.28. The summed E-state index contributed by atoms with van der Waals surface area (Å²) in [6, 6.07) is 6.30. The minimum atomic E-state index is -0.720. The van der Waals surface area contributed by atoms with Crippen molar-refractivity contribution in [2.24, 2.45) is 5.73 Å². The number of carbonyl (C=O) groups is 1. The molecule has 1 unspecified atom stereocenters. The topological polar surface area (TPSA) is 98.2 Å². The fourth-order valence-corrected chi connectivity index (χ4v) is 1.41. The number of rotatable bonds is 3. The second kappa shape index (κ2) is 4.25. The van der Waals surface area contributed by atoms with E-state index in [4.69, 9.17) is 10.2 Å². The first kappa shape index (κ1) is 11.1. The summed E-state index contributed by atoms with van der Waals surface area (Å²) in [4.78, 5) is 25.9. The van der Waals surface area contributed by atoms with E-state index in [-0.39, 0.29) is 0 Å². The fourth-order valence-electron chi connectivity index (χ4n) is 1.41. The summed E-state index contributed by atoms with van der Waals surface area (Å²) in [5.41, 5.74) is 5.54. The van der Waals surface area contributed by atoms with Crippen LogP contribution in [-0.4, -0.2) is 16.9 Å². The Labute approximate surface area is 96.4 Å². The predicted octanol–water partition coefficient (Wildman–Crippen LogP) is 0.474. The zero-order chi connectivity index (χ0) is 12.4. The minimum absolute atomic E-state index is 0.295. The van der Waals surface area contributed by atoms with Gasteiger partial charge in [0.1, 0.15) is 17.4 Å². The van der Waals surface area contributed by atoms with Gasteiger partial charge in [-0.25, -0.2) is 4.79 Å². The molecule has 0 saturated carbocycles. The zero-order valence-corrected chi connectivity index (χ0v) is 9.14. The molecular weight excluding hydrogens is 222 g/mol. The molecule has 88 valence electrons. The Balaban J connectivity index is 2.52. The van der Waals surface area contributed by atoms with Gasteiger partial charge >= 0.3 is 5.76 Å². The maximum Gasteiger partial charge on any atom is 0.441 e. The molecule has 0 radical (unpaired) electrons. The summed E-state index contributed by atoms with van der Waals surface area (Å²) in [5, 5.41) is 3.40. The fraction of sp³-hybridized carbons (Fsp3) is 0.182. The molecule has 0 aliphatic rings. The first-order chi connectivity index (χ1) is 8.08. The standard InChI is InChI=1S/C11H11N3O3/c1-6(9(12)15)13-10-7-4-2-3-5-8(7)17-11(16)14-10/h2-6H,1H3,(H2,12,15)(H,13,14,16). The van der Waals surface area contributed by atoms with Gasteiger partial charge in [-0.15, -0.1) is 0 Å². The van der Waals surface area contributed by atoms with E-state index in [1.165, 1.54) is 0 Å². The van der Waals surface area contributed by atoms with Crippen molar-refractivity contribution in [3.05, 3.63) is 34.8 Å². The van der Waals surface area contributed by atoms with E-state index in [2.05, 4.69) is 10.3 Å². The van der Waals surface area contributed by atoms with E-state index in [1.807, 2.05) is 0 Å². The van der Waals surface area contributed by atoms with Gasteiger partial charge in [0.05, 0.1) is 5.39 Å². The molecule has 0 aliphatic carbocycles. The van der Waals surface area contributed by atoms with Crippen LogP contribution in [0.5, 0.6) is 0 Å². The third-order valence-electron chi connectivity index (χ3n) is 2.32. The molecule has 17 heavy (non-hydrogen) atoms. The van der Waals surface area contributed by atoms with E-state index in [1.54, 1.807) is 31.2 Å². The van der Waals surface area contributed by atoms with Gasteiger partial charge in [0.25, 0.3) is 0 Å². The average molecular weight is 233 g/mol. The molecule has 0 fully saturated rings. The van der Waals surface area contributed by atoms with Crippen molar-refractivity contribution in [3.8, 4) is 0 Å². The maximum absolute atomic E-state index is 11.2. The molecule has 1 heterocycles. The molecule has 0 saturated heterocycles. The molecule has 1 aromatic heterocycles. The van der Waals surface area contributed by atoms with E-state index in [0.717, 1.165) is 0 Å². The lowest BCUT2D eigenvalue weighted by Gasteiger charge is -2.11. The summed E-state index contributed by atoms with van der Waals surface area (Å²) in [5.74, 6) is -0.949. The van der Waals surface area contributed by atoms with Gasteiger partial charge in [0.2, 0.25) is 5.91 Å². The Hall–Kier alpha value is -2.37. The van der Waals surface area contributed by atoms with Crippen molar-refractivity contribution in [1.82, 2.24) is 4.98 Å². The Morgan fingerprint density at radius 3 is 2.88 bits per heavy atom. The SMILES string of the molecule is CC(Nc1nc(=O)oc2ccccc12)C(N)=O. The first-order valence-electron chi connectivity index (χ1n) is 5.03. The van der Waals surface area contributed by atoms with Gasteiger partial charge < -0.3 is 15.5 Å². The van der Waals surface area contributed by atoms with Gasteiger partial charge in [-0.05, 0) is 19.1 Å². The van der Waals surface area contributed by atoms with Crippen LogP contribution in [0, 0.1) is 0 Å². The Morgan fingerprint density at radius 2 is 2.18 bits per heavy atom. The number of anilines is 1. The van der Waals surface area contributed by atoms with Gasteiger partial charge in [-0.1, -0.05) is 12.1 Å². The molecule has 2 rings (SSSR count). The molecule has 6 heteroatoms. The number of nitrogens with one attached hydrogen (secondary N) is 1. The highest BCUT2D eigenvalue weighted by Crippen LogP contribution is 2.19. The molecule has 2 aromatic rings. The number of benzene rings is 1. The van der Waals surface area contributed by atoms with Crippen LogP contribution in [0.3, 0.4) is 0 Å². The van der Waals surface area contributed by atoms with Gasteiger partial charge in [-0.2, -0.15) is 4.98 Å². The van der Waals surface area contributed by atoms with Crippen LogP contribution < -0.4 is 16.8 Å². The van der Waals surface area contributed by atoms with Crippen molar-refractivity contribution in [3.63, 3.8) is 0 Å². The number of hydrogen-bond acceptors (Lipinski definition) is 5. The second-order valence-corrected chi connectivity index (χ2v) is 3.59. The lowest BCUT2D eigenvalue weighted by molar-refractivity contribution is -0.118. The number of primary amides is 1. The van der Waals surface area contributed by atoms with Crippen molar-refractivity contribution in [1.29, 1.82) is 0 Å². The molecular formula is C11H11N3O3. The summed E-state index contributed by atoms with van der Waals surface area (Å²) in [7, 11) is 0. The van der Waals surface area contributed by atoms with E-state index < -0.39 is 17.7 Å². The van der Waals surface area contributed by atoms with Gasteiger partial charge in [0.15, 0.2) is 0 Å². The predicted molar refractivity (Wildman–Crippen MR) is 62.6 cm³/mol. The maximum atomic E-state index is 11.2. The molecule has 6 nitrogen and oxygen atoms in total. The number of nitrogens with two attached hydrogens (primary N) is 1. The third kappa shape index (κ3) is 2.25. The lowest BCUT2D eigenvalue weighted by atomic mass is 10.2. The molecule has 0 spiro atoms. The van der Waals surface area contributed by atoms with E-state index in [0.29, 0.717) is 16.8 Å². The smallest absolute Gasteiger partial charge is 0.408 e.